The van der Waals surface area contributed by atoms with Gasteiger partial charge < -0.3 is 5.73 Å². The van der Waals surface area contributed by atoms with Crippen molar-refractivity contribution in [1.82, 2.24) is 4.90 Å². The van der Waals surface area contributed by atoms with E-state index in [1.165, 1.54) is 11.1 Å². The van der Waals surface area contributed by atoms with E-state index in [1.807, 2.05) is 6.07 Å². The maximum Gasteiger partial charge on any atom is 0.137 e. The fraction of sp³-hybridized carbons (Fsp3) is 0.250. The molecular weight excluding hydrogens is 319 g/mol. The molecule has 20 heavy (non-hydrogen) atoms. The largest absolute Gasteiger partial charge is 0.329 e. The summed E-state index contributed by atoms with van der Waals surface area (Å²) in [6, 6.07) is 13.7. The van der Waals surface area contributed by atoms with Crippen LogP contribution >= 0.6 is 15.9 Å². The molecule has 0 saturated carbocycles. The smallest absolute Gasteiger partial charge is 0.137 e. The van der Waals surface area contributed by atoms with Gasteiger partial charge in [-0.25, -0.2) is 4.39 Å². The first kappa shape index (κ1) is 13.7. The fourth-order valence-corrected chi connectivity index (χ4v) is 3.04. The number of halogens is 2. The number of nitrogens with two attached hydrogens (primary N) is 1. The van der Waals surface area contributed by atoms with Crippen LogP contribution in [-0.4, -0.2) is 11.4 Å². The first-order chi connectivity index (χ1) is 9.69. The van der Waals surface area contributed by atoms with Gasteiger partial charge in [-0.1, -0.05) is 30.3 Å². The molecule has 4 heteroatoms. The normalized spacial score (nSPS) is 16.1. The Kier molecular flexibility index (Phi) is 3.87. The maximum atomic E-state index is 13.7. The average Bonchev–Trinajstić information content (AvgIpc) is 2.87. The van der Waals surface area contributed by atoms with Gasteiger partial charge in [0.15, 0.2) is 0 Å². The lowest BCUT2D eigenvalue weighted by molar-refractivity contribution is 0.205. The molecule has 0 spiro atoms. The Bertz CT molecular complexity index is 605. The lowest BCUT2D eigenvalue weighted by atomic mass is 10.1. The summed E-state index contributed by atoms with van der Waals surface area (Å²) in [7, 11) is 0. The zero-order valence-corrected chi connectivity index (χ0v) is 12.6. The molecule has 2 N–H and O–H groups in total. The molecule has 3 rings (SSSR count). The van der Waals surface area contributed by atoms with E-state index in [0.29, 0.717) is 11.0 Å². The standard InChI is InChI=1S/C16H16BrFN2/c17-14-6-5-11(7-15(14)18)16(8-19)20-9-12-3-1-2-4-13(12)10-20/h1-7,16H,8-10,19H2. The molecule has 0 aromatic heterocycles. The van der Waals surface area contributed by atoms with E-state index in [1.54, 1.807) is 12.1 Å². The summed E-state index contributed by atoms with van der Waals surface area (Å²) in [5.41, 5.74) is 9.54. The zero-order chi connectivity index (χ0) is 14.1. The van der Waals surface area contributed by atoms with Crippen molar-refractivity contribution in [3.05, 3.63) is 69.4 Å². The summed E-state index contributed by atoms with van der Waals surface area (Å²) in [5.74, 6) is -0.238. The third-order valence-electron chi connectivity index (χ3n) is 3.86. The van der Waals surface area contributed by atoms with E-state index in [-0.39, 0.29) is 11.9 Å². The van der Waals surface area contributed by atoms with Crippen LogP contribution in [0.5, 0.6) is 0 Å². The molecule has 1 aliphatic rings. The first-order valence-electron chi connectivity index (χ1n) is 6.65. The summed E-state index contributed by atoms with van der Waals surface area (Å²) in [6.45, 7) is 2.22. The molecule has 0 fully saturated rings. The number of rotatable bonds is 3. The van der Waals surface area contributed by atoms with Crippen LogP contribution in [0, 0.1) is 5.82 Å². The van der Waals surface area contributed by atoms with Gasteiger partial charge in [-0.3, -0.25) is 4.90 Å². The Morgan fingerprint density at radius 3 is 2.35 bits per heavy atom. The Labute approximate surface area is 126 Å². The average molecular weight is 335 g/mol. The summed E-state index contributed by atoms with van der Waals surface area (Å²) < 4.78 is 14.2. The quantitative estimate of drug-likeness (QED) is 0.929. The van der Waals surface area contributed by atoms with E-state index in [9.17, 15) is 4.39 Å². The minimum absolute atomic E-state index is 0.0463. The number of hydrogen-bond donors (Lipinski definition) is 1. The minimum atomic E-state index is -0.238. The van der Waals surface area contributed by atoms with Crippen molar-refractivity contribution in [1.29, 1.82) is 0 Å². The van der Waals surface area contributed by atoms with Gasteiger partial charge in [-0.15, -0.1) is 0 Å². The summed E-state index contributed by atoms with van der Waals surface area (Å²) in [6.07, 6.45) is 0. The van der Waals surface area contributed by atoms with Crippen molar-refractivity contribution in [2.45, 2.75) is 19.1 Å². The van der Waals surface area contributed by atoms with Gasteiger partial charge in [0, 0.05) is 25.7 Å². The molecular formula is C16H16BrFN2. The van der Waals surface area contributed by atoms with Crippen LogP contribution in [0.4, 0.5) is 4.39 Å². The molecule has 0 aliphatic carbocycles. The van der Waals surface area contributed by atoms with Crippen molar-refractivity contribution in [3.63, 3.8) is 0 Å². The monoisotopic (exact) mass is 334 g/mol. The molecule has 1 aliphatic heterocycles. The number of nitrogens with zero attached hydrogens (tertiary/aromatic N) is 1. The molecule has 1 atom stereocenters. The minimum Gasteiger partial charge on any atom is -0.329 e. The maximum absolute atomic E-state index is 13.7. The van der Waals surface area contributed by atoms with Crippen molar-refractivity contribution in [2.24, 2.45) is 5.73 Å². The highest BCUT2D eigenvalue weighted by atomic mass is 79.9. The van der Waals surface area contributed by atoms with Gasteiger partial charge in [0.1, 0.15) is 5.82 Å². The van der Waals surface area contributed by atoms with Crippen molar-refractivity contribution >= 4 is 15.9 Å². The second-order valence-corrected chi connectivity index (χ2v) is 5.95. The summed E-state index contributed by atoms with van der Waals surface area (Å²) in [5, 5.41) is 0. The summed E-state index contributed by atoms with van der Waals surface area (Å²) in [4.78, 5) is 2.30. The van der Waals surface area contributed by atoms with Crippen LogP contribution in [0.3, 0.4) is 0 Å². The van der Waals surface area contributed by atoms with Gasteiger partial charge in [0.05, 0.1) is 4.47 Å². The molecule has 0 bridgehead atoms. The lowest BCUT2D eigenvalue weighted by Gasteiger charge is -2.26. The van der Waals surface area contributed by atoms with E-state index in [2.05, 4.69) is 45.1 Å². The van der Waals surface area contributed by atoms with Gasteiger partial charge in [0.25, 0.3) is 0 Å². The van der Waals surface area contributed by atoms with Gasteiger partial charge in [-0.05, 0) is 44.8 Å². The predicted molar refractivity (Wildman–Crippen MR) is 81.6 cm³/mol. The summed E-state index contributed by atoms with van der Waals surface area (Å²) >= 11 is 3.19. The van der Waals surface area contributed by atoms with Crippen LogP contribution < -0.4 is 5.73 Å². The Morgan fingerprint density at radius 2 is 1.80 bits per heavy atom. The highest BCUT2D eigenvalue weighted by Crippen LogP contribution is 2.31. The number of fused-ring (bicyclic) bond motifs is 1. The molecule has 0 radical (unpaired) electrons. The molecule has 0 amide bonds. The first-order valence-corrected chi connectivity index (χ1v) is 7.44. The molecule has 104 valence electrons. The fourth-order valence-electron chi connectivity index (χ4n) is 2.80. The highest BCUT2D eigenvalue weighted by Gasteiger charge is 2.26. The Hall–Kier alpha value is -1.23. The third kappa shape index (κ3) is 2.51. The van der Waals surface area contributed by atoms with Gasteiger partial charge >= 0.3 is 0 Å². The highest BCUT2D eigenvalue weighted by molar-refractivity contribution is 9.10. The SMILES string of the molecule is NCC(c1ccc(Br)c(F)c1)N1Cc2ccccc2C1. The zero-order valence-electron chi connectivity index (χ0n) is 11.0. The second kappa shape index (κ2) is 5.64. The van der Waals surface area contributed by atoms with Gasteiger partial charge in [0.2, 0.25) is 0 Å². The van der Waals surface area contributed by atoms with Crippen LogP contribution in [0.15, 0.2) is 46.9 Å². The number of hydrogen-bond acceptors (Lipinski definition) is 2. The Morgan fingerprint density at radius 1 is 1.15 bits per heavy atom. The van der Waals surface area contributed by atoms with Crippen molar-refractivity contribution in [3.8, 4) is 0 Å². The molecule has 2 aromatic carbocycles. The van der Waals surface area contributed by atoms with Crippen LogP contribution in [0.2, 0.25) is 0 Å². The predicted octanol–water partition coefficient (Wildman–Crippen LogP) is 3.60. The van der Waals surface area contributed by atoms with Gasteiger partial charge in [-0.2, -0.15) is 0 Å². The lowest BCUT2D eigenvalue weighted by Crippen LogP contribution is -2.29. The second-order valence-electron chi connectivity index (χ2n) is 5.10. The molecule has 1 unspecified atom stereocenters. The van der Waals surface area contributed by atoms with E-state index >= 15 is 0 Å². The topological polar surface area (TPSA) is 29.3 Å². The van der Waals surface area contributed by atoms with Crippen molar-refractivity contribution < 1.29 is 4.39 Å². The molecule has 2 nitrogen and oxygen atoms in total. The van der Waals surface area contributed by atoms with E-state index in [4.69, 9.17) is 5.73 Å². The van der Waals surface area contributed by atoms with Crippen LogP contribution in [-0.2, 0) is 13.1 Å². The van der Waals surface area contributed by atoms with E-state index < -0.39 is 0 Å². The van der Waals surface area contributed by atoms with Crippen LogP contribution in [0.25, 0.3) is 0 Å². The molecule has 2 aromatic rings. The van der Waals surface area contributed by atoms with Crippen LogP contribution in [0.1, 0.15) is 22.7 Å². The number of benzene rings is 2. The van der Waals surface area contributed by atoms with Crippen molar-refractivity contribution in [2.75, 3.05) is 6.54 Å². The molecule has 1 heterocycles. The van der Waals surface area contributed by atoms with E-state index in [0.717, 1.165) is 18.7 Å². The Balaban J connectivity index is 1.87. The third-order valence-corrected chi connectivity index (χ3v) is 4.50. The molecule has 0 saturated heterocycles.